The second kappa shape index (κ2) is 12.0. The van der Waals surface area contributed by atoms with Crippen LogP contribution in [-0.4, -0.2) is 33.0 Å². The average molecular weight is 476 g/mol. The van der Waals surface area contributed by atoms with Crippen LogP contribution in [0.5, 0.6) is 5.75 Å². The molecule has 2 aromatic carbocycles. The lowest BCUT2D eigenvalue weighted by Crippen LogP contribution is -2.08. The van der Waals surface area contributed by atoms with Crippen LogP contribution in [0.4, 0.5) is 17.3 Å². The van der Waals surface area contributed by atoms with Gasteiger partial charge in [-0.3, -0.25) is 19.9 Å². The van der Waals surface area contributed by atoms with Crippen molar-refractivity contribution in [1.82, 2.24) is 15.0 Å². The summed E-state index contributed by atoms with van der Waals surface area (Å²) in [6.45, 7) is 4.23. The van der Waals surface area contributed by atoms with Gasteiger partial charge in [0.05, 0.1) is 35.7 Å². The zero-order chi connectivity index (χ0) is 25.2. The lowest BCUT2D eigenvalue weighted by molar-refractivity contribution is -0.383. The Bertz CT molecular complexity index is 1330. The first-order chi connectivity index (χ1) is 17.0. The molecule has 2 aromatic heterocycles. The highest BCUT2D eigenvalue weighted by Crippen LogP contribution is 2.33. The lowest BCUT2D eigenvalue weighted by atomic mass is 10.1. The van der Waals surface area contributed by atoms with Crippen LogP contribution in [0.1, 0.15) is 25.1 Å². The predicted octanol–water partition coefficient (Wildman–Crippen LogP) is 5.00. The summed E-state index contributed by atoms with van der Waals surface area (Å²) in [5.41, 5.74) is 1.33. The van der Waals surface area contributed by atoms with Crippen LogP contribution >= 0.6 is 0 Å². The van der Waals surface area contributed by atoms with Gasteiger partial charge in [-0.15, -0.1) is 0 Å². The van der Waals surface area contributed by atoms with Gasteiger partial charge in [0.15, 0.2) is 0 Å². The van der Waals surface area contributed by atoms with Crippen molar-refractivity contribution in [3.63, 3.8) is 0 Å². The van der Waals surface area contributed by atoms with Gasteiger partial charge in [-0.2, -0.15) is 0 Å². The number of aromatic nitrogens is 3. The van der Waals surface area contributed by atoms with E-state index in [1.54, 1.807) is 42.6 Å². The predicted molar refractivity (Wildman–Crippen MR) is 132 cm³/mol. The fourth-order valence-corrected chi connectivity index (χ4v) is 3.24. The molecule has 0 atom stereocenters. The maximum absolute atomic E-state index is 11.4. The van der Waals surface area contributed by atoms with Crippen molar-refractivity contribution in [3.05, 3.63) is 88.5 Å². The molecular formula is C25H25N5O5. The number of ether oxygens (including phenoxy) is 2. The Balaban J connectivity index is 0.00000167. The number of pyridine rings is 1. The molecule has 0 bridgehead atoms. The third-order valence-electron chi connectivity index (χ3n) is 4.77. The molecule has 0 amide bonds. The minimum atomic E-state index is -0.407. The first kappa shape index (κ1) is 25.0. The van der Waals surface area contributed by atoms with Gasteiger partial charge in [0, 0.05) is 23.8 Å². The molecule has 4 aromatic rings. The number of nitrogens with zero attached hydrogens (tertiary/aromatic N) is 4. The van der Waals surface area contributed by atoms with Gasteiger partial charge in [0.2, 0.25) is 0 Å². The largest absolute Gasteiger partial charge is 0.488 e. The average Bonchev–Trinajstić information content (AvgIpc) is 2.88. The van der Waals surface area contributed by atoms with Crippen molar-refractivity contribution in [2.75, 3.05) is 12.4 Å². The molecule has 2 heterocycles. The number of methoxy groups -OCH3 is 1. The number of carbonyl (C=O) groups is 1. The van der Waals surface area contributed by atoms with Gasteiger partial charge in [0.1, 0.15) is 24.0 Å². The summed E-state index contributed by atoms with van der Waals surface area (Å²) in [6.07, 6.45) is 4.66. The Hall–Kier alpha value is -4.60. The molecule has 0 unspecified atom stereocenters. The summed E-state index contributed by atoms with van der Waals surface area (Å²) in [7, 11) is 1.31. The smallest absolute Gasteiger partial charge is 0.311 e. The third kappa shape index (κ3) is 6.47. The van der Waals surface area contributed by atoms with E-state index in [0.717, 1.165) is 5.56 Å². The molecule has 0 saturated heterocycles. The number of carbonyl (C=O) groups excluding carboxylic acids is 1. The topological polar surface area (TPSA) is 129 Å². The highest BCUT2D eigenvalue weighted by molar-refractivity contribution is 5.95. The summed E-state index contributed by atoms with van der Waals surface area (Å²) in [5, 5.41) is 15.5. The molecule has 0 radical (unpaired) electrons. The lowest BCUT2D eigenvalue weighted by Gasteiger charge is -2.11. The normalized spacial score (nSPS) is 10.1. The molecule has 35 heavy (non-hydrogen) atoms. The maximum Gasteiger partial charge on any atom is 0.311 e. The molecule has 180 valence electrons. The van der Waals surface area contributed by atoms with E-state index in [4.69, 9.17) is 4.74 Å². The van der Waals surface area contributed by atoms with Crippen LogP contribution < -0.4 is 10.1 Å². The van der Waals surface area contributed by atoms with E-state index in [9.17, 15) is 14.9 Å². The quantitative estimate of drug-likeness (QED) is 0.213. The minimum Gasteiger partial charge on any atom is -0.488 e. The van der Waals surface area contributed by atoms with Crippen LogP contribution in [0, 0.1) is 10.1 Å². The molecule has 10 nitrogen and oxygen atoms in total. The van der Waals surface area contributed by atoms with Crippen LogP contribution in [0.2, 0.25) is 0 Å². The van der Waals surface area contributed by atoms with E-state index >= 15 is 0 Å². The second-order valence-electron chi connectivity index (χ2n) is 7.00. The number of esters is 1. The Labute approximate surface area is 202 Å². The Morgan fingerprint density at radius 2 is 1.83 bits per heavy atom. The van der Waals surface area contributed by atoms with Crippen molar-refractivity contribution < 1.29 is 19.2 Å². The van der Waals surface area contributed by atoms with Crippen LogP contribution in [0.15, 0.2) is 67.1 Å². The summed E-state index contributed by atoms with van der Waals surface area (Å²) in [5.74, 6) is 1.10. The fourth-order valence-electron chi connectivity index (χ4n) is 3.24. The number of hydrogen-bond donors (Lipinski definition) is 1. The first-order valence-electron chi connectivity index (χ1n) is 10.9. The van der Waals surface area contributed by atoms with Crippen LogP contribution in [-0.2, 0) is 22.6 Å². The number of hydrogen-bond acceptors (Lipinski definition) is 9. The number of nitrogens with one attached hydrogen (secondary N) is 1. The van der Waals surface area contributed by atoms with Gasteiger partial charge in [-0.05, 0) is 29.8 Å². The van der Waals surface area contributed by atoms with Gasteiger partial charge in [0.25, 0.3) is 5.69 Å². The maximum atomic E-state index is 11.4. The number of fused-ring (bicyclic) bond motifs is 1. The summed E-state index contributed by atoms with van der Waals surface area (Å²) in [4.78, 5) is 35.0. The Morgan fingerprint density at radius 3 is 2.57 bits per heavy atom. The monoisotopic (exact) mass is 475 g/mol. The van der Waals surface area contributed by atoms with Crippen molar-refractivity contribution >= 4 is 34.1 Å². The standard InChI is InChI=1S/C23H19N5O5.C2H6/c1-32-23(29)11-16-12-24-13-22(26-16)27-21-10-15(8-9-25-21)14-33-20-7-6-19(28(30)31)17-4-2-3-5-18(17)20;1-2/h2-10,12-13H,11,14H2,1H3,(H,25,26,27);1-2H3. The molecule has 0 saturated carbocycles. The molecule has 10 heteroatoms. The van der Waals surface area contributed by atoms with E-state index in [-0.39, 0.29) is 18.7 Å². The first-order valence-corrected chi connectivity index (χ1v) is 10.9. The highest BCUT2D eigenvalue weighted by Gasteiger charge is 2.14. The molecule has 0 aliphatic heterocycles. The summed E-state index contributed by atoms with van der Waals surface area (Å²) < 4.78 is 10.6. The summed E-state index contributed by atoms with van der Waals surface area (Å²) in [6, 6.07) is 13.7. The highest BCUT2D eigenvalue weighted by atomic mass is 16.6. The van der Waals surface area contributed by atoms with Gasteiger partial charge < -0.3 is 14.8 Å². The minimum absolute atomic E-state index is 0.0174. The van der Waals surface area contributed by atoms with E-state index in [1.165, 1.54) is 25.6 Å². The molecular weight excluding hydrogens is 450 g/mol. The van der Waals surface area contributed by atoms with Gasteiger partial charge in [-0.1, -0.05) is 32.0 Å². The zero-order valence-corrected chi connectivity index (χ0v) is 19.6. The number of benzene rings is 2. The van der Waals surface area contributed by atoms with Crippen molar-refractivity contribution in [3.8, 4) is 5.75 Å². The Morgan fingerprint density at radius 1 is 1.06 bits per heavy atom. The molecule has 1 N–H and O–H groups in total. The second-order valence-corrected chi connectivity index (χ2v) is 7.00. The number of anilines is 2. The fraction of sp³-hybridized carbons (Fsp3) is 0.200. The van der Waals surface area contributed by atoms with E-state index < -0.39 is 10.9 Å². The van der Waals surface area contributed by atoms with E-state index in [1.807, 2.05) is 19.9 Å². The van der Waals surface area contributed by atoms with Crippen LogP contribution in [0.25, 0.3) is 10.8 Å². The number of non-ortho nitro benzene ring substituents is 1. The van der Waals surface area contributed by atoms with E-state index in [0.29, 0.717) is 33.9 Å². The molecule has 0 aliphatic carbocycles. The van der Waals surface area contributed by atoms with E-state index in [2.05, 4.69) is 25.0 Å². The molecule has 0 fully saturated rings. The SMILES string of the molecule is CC.COC(=O)Cc1cncc(Nc2cc(COc3ccc([N+](=O)[O-])c4ccccc34)ccn2)n1. The van der Waals surface area contributed by atoms with Crippen molar-refractivity contribution in [2.24, 2.45) is 0 Å². The van der Waals surface area contributed by atoms with Crippen molar-refractivity contribution in [2.45, 2.75) is 26.9 Å². The van der Waals surface area contributed by atoms with Crippen LogP contribution in [0.3, 0.4) is 0 Å². The number of nitro benzene ring substituents is 1. The molecule has 0 aliphatic rings. The molecule has 0 spiro atoms. The number of rotatable bonds is 8. The van der Waals surface area contributed by atoms with Gasteiger partial charge in [-0.25, -0.2) is 9.97 Å². The Kier molecular flexibility index (Phi) is 8.60. The van der Waals surface area contributed by atoms with Gasteiger partial charge >= 0.3 is 5.97 Å². The number of nitro groups is 1. The third-order valence-corrected chi connectivity index (χ3v) is 4.77. The zero-order valence-electron chi connectivity index (χ0n) is 19.6. The van der Waals surface area contributed by atoms with Crippen molar-refractivity contribution in [1.29, 1.82) is 0 Å². The summed E-state index contributed by atoms with van der Waals surface area (Å²) >= 11 is 0. The molecule has 4 rings (SSSR count).